The number of aliphatic hydroxyl groups is 1. The van der Waals surface area contributed by atoms with Gasteiger partial charge in [-0.25, -0.2) is 4.79 Å². The van der Waals surface area contributed by atoms with Gasteiger partial charge >= 0.3 is 11.9 Å². The number of ketones is 1. The molecule has 0 rings (SSSR count). The second kappa shape index (κ2) is 10.4. The number of hydrogen-bond acceptors (Lipinski definition) is 6. The minimum atomic E-state index is -1.81. The van der Waals surface area contributed by atoms with Crippen molar-refractivity contribution in [2.75, 3.05) is 13.2 Å². The van der Waals surface area contributed by atoms with Crippen LogP contribution in [0.25, 0.3) is 0 Å². The van der Waals surface area contributed by atoms with Gasteiger partial charge in [0.05, 0.1) is 13.2 Å². The summed E-state index contributed by atoms with van der Waals surface area (Å²) in [5.74, 6) is -3.98. The van der Waals surface area contributed by atoms with Crippen LogP contribution in [0, 0.1) is 5.92 Å². The van der Waals surface area contributed by atoms with Crippen LogP contribution < -0.4 is 0 Å². The van der Waals surface area contributed by atoms with E-state index >= 15 is 0 Å². The summed E-state index contributed by atoms with van der Waals surface area (Å²) in [6, 6.07) is 0. The van der Waals surface area contributed by atoms with Crippen molar-refractivity contribution in [3.63, 3.8) is 0 Å². The molecule has 0 saturated carbocycles. The maximum atomic E-state index is 11.7. The molecule has 1 N–H and O–H groups in total. The van der Waals surface area contributed by atoms with E-state index in [2.05, 4.69) is 0 Å². The van der Waals surface area contributed by atoms with E-state index < -0.39 is 29.7 Å². The number of aliphatic hydroxyl groups excluding tert-OH is 1. The van der Waals surface area contributed by atoms with E-state index in [1.54, 1.807) is 0 Å². The normalized spacial score (nSPS) is 13.4. The summed E-state index contributed by atoms with van der Waals surface area (Å²) in [4.78, 5) is 34.7. The van der Waals surface area contributed by atoms with Gasteiger partial charge in [0.1, 0.15) is 5.78 Å². The van der Waals surface area contributed by atoms with E-state index in [0.29, 0.717) is 12.8 Å². The van der Waals surface area contributed by atoms with Crippen LogP contribution in [0.4, 0.5) is 0 Å². The van der Waals surface area contributed by atoms with Gasteiger partial charge in [0, 0.05) is 0 Å². The van der Waals surface area contributed by atoms with Crippen LogP contribution in [0.15, 0.2) is 0 Å². The third-order valence-electron chi connectivity index (χ3n) is 2.73. The number of hydrogen-bond donors (Lipinski definition) is 1. The fraction of sp³-hybridized carbons (Fsp3) is 0.786. The molecule has 116 valence electrons. The van der Waals surface area contributed by atoms with Crippen molar-refractivity contribution in [2.24, 2.45) is 5.92 Å². The van der Waals surface area contributed by atoms with Crippen LogP contribution in [0.1, 0.15) is 46.5 Å². The Morgan fingerprint density at radius 3 is 1.80 bits per heavy atom. The number of rotatable bonds is 10. The average molecular weight is 288 g/mol. The summed E-state index contributed by atoms with van der Waals surface area (Å²) in [7, 11) is 0. The van der Waals surface area contributed by atoms with Crippen LogP contribution >= 0.6 is 0 Å². The fourth-order valence-electron chi connectivity index (χ4n) is 1.46. The van der Waals surface area contributed by atoms with Crippen LogP contribution in [-0.2, 0) is 23.9 Å². The highest BCUT2D eigenvalue weighted by molar-refractivity contribution is 6.02. The Hall–Kier alpha value is -1.43. The Balaban J connectivity index is 4.52. The van der Waals surface area contributed by atoms with E-state index in [4.69, 9.17) is 9.47 Å². The van der Waals surface area contributed by atoms with Crippen molar-refractivity contribution in [3.05, 3.63) is 0 Å². The fourth-order valence-corrected chi connectivity index (χ4v) is 1.46. The molecular weight excluding hydrogens is 264 g/mol. The summed E-state index contributed by atoms with van der Waals surface area (Å²) >= 11 is 0. The van der Waals surface area contributed by atoms with E-state index in [0.717, 1.165) is 19.8 Å². The lowest BCUT2D eigenvalue weighted by atomic mass is 9.98. The molecule has 6 nitrogen and oxygen atoms in total. The maximum absolute atomic E-state index is 11.7. The number of carbonyl (C=O) groups excluding carboxylic acids is 3. The van der Waals surface area contributed by atoms with Crippen LogP contribution in [0.5, 0.6) is 0 Å². The molecule has 0 aliphatic carbocycles. The Labute approximate surface area is 119 Å². The molecule has 20 heavy (non-hydrogen) atoms. The third-order valence-corrected chi connectivity index (χ3v) is 2.73. The summed E-state index contributed by atoms with van der Waals surface area (Å²) in [5, 5.41) is 9.78. The van der Waals surface area contributed by atoms with E-state index in [1.807, 2.05) is 13.8 Å². The Morgan fingerprint density at radius 1 is 0.950 bits per heavy atom. The first-order valence-corrected chi connectivity index (χ1v) is 6.97. The van der Waals surface area contributed by atoms with Gasteiger partial charge < -0.3 is 14.6 Å². The molecule has 0 aromatic rings. The van der Waals surface area contributed by atoms with Gasteiger partial charge in [-0.2, -0.15) is 0 Å². The van der Waals surface area contributed by atoms with Gasteiger partial charge in [0.2, 0.25) is 0 Å². The lowest BCUT2D eigenvalue weighted by Gasteiger charge is -2.18. The first-order valence-electron chi connectivity index (χ1n) is 6.97. The second-order valence-electron chi connectivity index (χ2n) is 4.58. The zero-order chi connectivity index (χ0) is 15.5. The Kier molecular flexibility index (Phi) is 9.63. The Morgan fingerprint density at radius 2 is 1.40 bits per heavy atom. The number of Topliss-reactive ketones (excluding diaryl/α,β-unsaturated/α-hetero) is 1. The molecule has 0 aliphatic heterocycles. The molecule has 0 aliphatic rings. The predicted molar refractivity (Wildman–Crippen MR) is 71.9 cm³/mol. The standard InChI is InChI=1S/C14H24O6/c1-4-6-8-19-13(17)11(10(3)15)12(16)14(18)20-9-7-5-2/h11-12,16H,4-9H2,1-3H3. The maximum Gasteiger partial charge on any atom is 0.336 e. The molecule has 0 saturated heterocycles. The number of ether oxygens (including phenoxy) is 2. The van der Waals surface area contributed by atoms with Gasteiger partial charge in [-0.05, 0) is 19.8 Å². The highest BCUT2D eigenvalue weighted by Crippen LogP contribution is 2.11. The highest BCUT2D eigenvalue weighted by Gasteiger charge is 2.38. The minimum Gasteiger partial charge on any atom is -0.465 e. The van der Waals surface area contributed by atoms with Gasteiger partial charge in [-0.1, -0.05) is 26.7 Å². The number of unbranched alkanes of at least 4 members (excludes halogenated alkanes) is 2. The van der Waals surface area contributed by atoms with Gasteiger partial charge in [0.25, 0.3) is 0 Å². The first-order chi connectivity index (χ1) is 9.45. The molecule has 2 unspecified atom stereocenters. The number of carbonyl (C=O) groups is 3. The zero-order valence-corrected chi connectivity index (χ0v) is 12.4. The van der Waals surface area contributed by atoms with Crippen molar-refractivity contribution in [1.29, 1.82) is 0 Å². The summed E-state index contributed by atoms with van der Waals surface area (Å²) in [6.07, 6.45) is 1.17. The minimum absolute atomic E-state index is 0.155. The van der Waals surface area contributed by atoms with Crippen LogP contribution in [0.3, 0.4) is 0 Å². The van der Waals surface area contributed by atoms with Gasteiger partial charge in [-0.15, -0.1) is 0 Å². The molecule has 0 aromatic carbocycles. The van der Waals surface area contributed by atoms with E-state index in [9.17, 15) is 19.5 Å². The second-order valence-corrected chi connectivity index (χ2v) is 4.58. The molecule has 0 amide bonds. The summed E-state index contributed by atoms with van der Waals surface area (Å²) in [6.45, 7) is 5.30. The third kappa shape index (κ3) is 6.65. The lowest BCUT2D eigenvalue weighted by molar-refractivity contribution is -0.169. The monoisotopic (exact) mass is 288 g/mol. The SMILES string of the molecule is CCCCOC(=O)C(O)C(C(C)=O)C(=O)OCCCC. The molecule has 0 heterocycles. The average Bonchev–Trinajstić information content (AvgIpc) is 2.38. The van der Waals surface area contributed by atoms with E-state index in [1.165, 1.54) is 0 Å². The Bertz CT molecular complexity index is 326. The van der Waals surface area contributed by atoms with Crippen LogP contribution in [0.2, 0.25) is 0 Å². The lowest BCUT2D eigenvalue weighted by Crippen LogP contribution is -2.41. The molecular formula is C14H24O6. The molecule has 0 bridgehead atoms. The highest BCUT2D eigenvalue weighted by atomic mass is 16.6. The summed E-state index contributed by atoms with van der Waals surface area (Å²) < 4.78 is 9.68. The zero-order valence-electron chi connectivity index (χ0n) is 12.4. The van der Waals surface area contributed by atoms with Gasteiger partial charge in [-0.3, -0.25) is 9.59 Å². The van der Waals surface area contributed by atoms with E-state index in [-0.39, 0.29) is 13.2 Å². The molecule has 6 heteroatoms. The molecule has 0 aromatic heterocycles. The predicted octanol–water partition coefficient (Wildman–Crippen LogP) is 1.24. The van der Waals surface area contributed by atoms with Crippen LogP contribution in [-0.4, -0.2) is 42.1 Å². The smallest absolute Gasteiger partial charge is 0.336 e. The van der Waals surface area contributed by atoms with Crippen molar-refractivity contribution >= 4 is 17.7 Å². The molecule has 0 fully saturated rings. The number of esters is 2. The van der Waals surface area contributed by atoms with Crippen molar-refractivity contribution in [3.8, 4) is 0 Å². The van der Waals surface area contributed by atoms with Crippen molar-refractivity contribution < 1.29 is 29.0 Å². The summed E-state index contributed by atoms with van der Waals surface area (Å²) in [5.41, 5.74) is 0. The van der Waals surface area contributed by atoms with Gasteiger partial charge in [0.15, 0.2) is 12.0 Å². The largest absolute Gasteiger partial charge is 0.465 e. The van der Waals surface area contributed by atoms with Crippen molar-refractivity contribution in [1.82, 2.24) is 0 Å². The topological polar surface area (TPSA) is 89.9 Å². The molecule has 2 atom stereocenters. The quantitative estimate of drug-likeness (QED) is 0.369. The van der Waals surface area contributed by atoms with Crippen molar-refractivity contribution in [2.45, 2.75) is 52.6 Å². The first kappa shape index (κ1) is 18.6. The molecule has 0 spiro atoms. The molecule has 0 radical (unpaired) electrons.